The van der Waals surface area contributed by atoms with Gasteiger partial charge in [-0.15, -0.1) is 10.2 Å². The molecule has 4 aromatic rings. The number of thioether (sulfide) groups is 1. The van der Waals surface area contributed by atoms with Gasteiger partial charge >= 0.3 is 0 Å². The largest absolute Gasteiger partial charge is 0.489 e. The highest BCUT2D eigenvalue weighted by Crippen LogP contribution is 2.21. The normalized spacial score (nSPS) is 11.1. The molecule has 0 radical (unpaired) electrons. The van der Waals surface area contributed by atoms with Crippen LogP contribution in [-0.2, 0) is 12.4 Å². The van der Waals surface area contributed by atoms with Crippen LogP contribution in [-0.4, -0.2) is 21.1 Å². The summed E-state index contributed by atoms with van der Waals surface area (Å²) in [6.45, 7) is 2.62. The molecule has 0 N–H and O–H groups in total. The van der Waals surface area contributed by atoms with Crippen LogP contribution >= 0.6 is 11.8 Å². The van der Waals surface area contributed by atoms with Crippen molar-refractivity contribution in [3.05, 3.63) is 107 Å². The Labute approximate surface area is 180 Å². The molecule has 0 aliphatic rings. The Bertz CT molecular complexity index is 1110. The third kappa shape index (κ3) is 5.58. The molecule has 0 aliphatic heterocycles. The minimum Gasteiger partial charge on any atom is -0.489 e. The lowest BCUT2D eigenvalue weighted by Crippen LogP contribution is -1.96. The molecule has 0 saturated carbocycles. The van der Waals surface area contributed by atoms with E-state index in [4.69, 9.17) is 4.74 Å². The molecular weight excluding hydrogens is 392 g/mol. The molecule has 1 aromatic heterocycles. The van der Waals surface area contributed by atoms with Crippen LogP contribution in [0.1, 0.15) is 22.3 Å². The predicted molar refractivity (Wildman–Crippen MR) is 121 cm³/mol. The second-order valence-corrected chi connectivity index (χ2v) is 7.77. The molecule has 4 rings (SSSR count). The molecule has 0 atom stereocenters. The maximum atomic E-state index is 5.89. The SMILES string of the molecule is Cc1ccc(CSc2nncn2/N=C\c2cccc(OCc3ccccc3)c2)cc1. The second-order valence-electron chi connectivity index (χ2n) is 6.82. The zero-order valence-corrected chi connectivity index (χ0v) is 17.5. The summed E-state index contributed by atoms with van der Waals surface area (Å²) in [6.07, 6.45) is 3.40. The second kappa shape index (κ2) is 9.89. The minimum atomic E-state index is 0.534. The number of nitrogens with zero attached hydrogens (tertiary/aromatic N) is 4. The lowest BCUT2D eigenvalue weighted by molar-refractivity contribution is 0.306. The quantitative estimate of drug-likeness (QED) is 0.288. The molecule has 5 nitrogen and oxygen atoms in total. The summed E-state index contributed by atoms with van der Waals surface area (Å²) >= 11 is 1.61. The molecule has 0 spiro atoms. The molecule has 0 bridgehead atoms. The fourth-order valence-electron chi connectivity index (χ4n) is 2.78. The molecule has 6 heteroatoms. The van der Waals surface area contributed by atoms with Crippen molar-refractivity contribution in [2.45, 2.75) is 24.4 Å². The zero-order chi connectivity index (χ0) is 20.6. The van der Waals surface area contributed by atoms with Gasteiger partial charge in [0.1, 0.15) is 18.7 Å². The van der Waals surface area contributed by atoms with Gasteiger partial charge in [-0.1, -0.05) is 84.1 Å². The van der Waals surface area contributed by atoms with Gasteiger partial charge in [0.05, 0.1) is 6.21 Å². The molecule has 1 heterocycles. The van der Waals surface area contributed by atoms with Crippen molar-refractivity contribution in [2.24, 2.45) is 5.10 Å². The summed E-state index contributed by atoms with van der Waals surface area (Å²) in [6, 6.07) is 26.5. The van der Waals surface area contributed by atoms with Crippen molar-refractivity contribution in [2.75, 3.05) is 0 Å². The maximum absolute atomic E-state index is 5.89. The van der Waals surface area contributed by atoms with Gasteiger partial charge in [-0.05, 0) is 35.7 Å². The third-order valence-corrected chi connectivity index (χ3v) is 5.43. The summed E-state index contributed by atoms with van der Waals surface area (Å²) in [5, 5.41) is 13.4. The van der Waals surface area contributed by atoms with Gasteiger partial charge in [0.15, 0.2) is 0 Å². The van der Waals surface area contributed by atoms with Crippen molar-refractivity contribution >= 4 is 18.0 Å². The van der Waals surface area contributed by atoms with Crippen LogP contribution in [0.25, 0.3) is 0 Å². The maximum Gasteiger partial charge on any atom is 0.212 e. The Morgan fingerprint density at radius 3 is 2.63 bits per heavy atom. The van der Waals surface area contributed by atoms with E-state index in [9.17, 15) is 0 Å². The summed E-state index contributed by atoms with van der Waals surface area (Å²) in [5.74, 6) is 1.62. The van der Waals surface area contributed by atoms with Gasteiger partial charge < -0.3 is 4.74 Å². The van der Waals surface area contributed by atoms with Crippen LogP contribution in [0.2, 0.25) is 0 Å². The Kier molecular flexibility index (Phi) is 6.57. The minimum absolute atomic E-state index is 0.534. The first-order valence-electron chi connectivity index (χ1n) is 9.66. The van der Waals surface area contributed by atoms with Gasteiger partial charge in [0.2, 0.25) is 5.16 Å². The van der Waals surface area contributed by atoms with Crippen molar-refractivity contribution in [1.82, 2.24) is 14.9 Å². The number of hydrogen-bond donors (Lipinski definition) is 0. The monoisotopic (exact) mass is 414 g/mol. The lowest BCUT2D eigenvalue weighted by atomic mass is 10.2. The van der Waals surface area contributed by atoms with E-state index in [-0.39, 0.29) is 0 Å². The van der Waals surface area contributed by atoms with Crippen molar-refractivity contribution in [3.63, 3.8) is 0 Å². The Hall–Kier alpha value is -3.38. The van der Waals surface area contributed by atoms with E-state index in [1.165, 1.54) is 11.1 Å². The van der Waals surface area contributed by atoms with E-state index in [1.807, 2.05) is 54.6 Å². The van der Waals surface area contributed by atoms with Crippen LogP contribution in [0.3, 0.4) is 0 Å². The van der Waals surface area contributed by atoms with Crippen molar-refractivity contribution < 1.29 is 4.74 Å². The average Bonchev–Trinajstić information content (AvgIpc) is 3.24. The number of benzene rings is 3. The highest BCUT2D eigenvalue weighted by molar-refractivity contribution is 7.98. The van der Waals surface area contributed by atoms with E-state index in [0.29, 0.717) is 6.61 Å². The lowest BCUT2D eigenvalue weighted by Gasteiger charge is -2.07. The molecule has 0 aliphatic carbocycles. The molecule has 0 saturated heterocycles. The molecule has 0 fully saturated rings. The van der Waals surface area contributed by atoms with Crippen LogP contribution in [0.15, 0.2) is 95.4 Å². The topological polar surface area (TPSA) is 52.3 Å². The van der Waals surface area contributed by atoms with Crippen molar-refractivity contribution in [3.8, 4) is 5.75 Å². The third-order valence-electron chi connectivity index (χ3n) is 4.43. The van der Waals surface area contributed by atoms with Gasteiger partial charge in [-0.2, -0.15) is 9.78 Å². The van der Waals surface area contributed by atoms with E-state index < -0.39 is 0 Å². The Balaban J connectivity index is 1.38. The predicted octanol–water partition coefficient (Wildman–Crippen LogP) is 5.34. The first-order valence-corrected chi connectivity index (χ1v) is 10.6. The molecular formula is C24H22N4OS. The fourth-order valence-corrected chi connectivity index (χ4v) is 3.60. The van der Waals surface area contributed by atoms with Gasteiger partial charge in [0.25, 0.3) is 0 Å². The molecule has 0 amide bonds. The molecule has 3 aromatic carbocycles. The summed E-state index contributed by atoms with van der Waals surface area (Å²) in [4.78, 5) is 0. The average molecular weight is 415 g/mol. The number of hydrogen-bond acceptors (Lipinski definition) is 5. The van der Waals surface area contributed by atoms with E-state index in [1.54, 1.807) is 29.0 Å². The Morgan fingerprint density at radius 1 is 0.967 bits per heavy atom. The highest BCUT2D eigenvalue weighted by Gasteiger charge is 2.05. The van der Waals surface area contributed by atoms with Gasteiger partial charge in [-0.3, -0.25) is 0 Å². The molecule has 0 unspecified atom stereocenters. The van der Waals surface area contributed by atoms with E-state index >= 15 is 0 Å². The smallest absolute Gasteiger partial charge is 0.212 e. The number of rotatable bonds is 8. The van der Waals surface area contributed by atoms with Crippen LogP contribution < -0.4 is 4.74 Å². The first-order chi connectivity index (χ1) is 14.8. The summed E-state index contributed by atoms with van der Waals surface area (Å²) < 4.78 is 7.58. The summed E-state index contributed by atoms with van der Waals surface area (Å²) in [7, 11) is 0. The van der Waals surface area contributed by atoms with Gasteiger partial charge in [0, 0.05) is 5.75 Å². The van der Waals surface area contributed by atoms with Gasteiger partial charge in [-0.25, -0.2) is 0 Å². The standard InChI is InChI=1S/C24H22N4OS/c1-19-10-12-21(13-11-19)17-30-24-27-25-18-28(24)26-15-22-8-5-9-23(14-22)29-16-20-6-3-2-4-7-20/h2-15,18H,16-17H2,1H3/b26-15-. The number of ether oxygens (including phenoxy) is 1. The fraction of sp³-hybridized carbons (Fsp3) is 0.125. The Morgan fingerprint density at radius 2 is 1.80 bits per heavy atom. The number of aryl methyl sites for hydroxylation is 1. The molecule has 150 valence electrons. The van der Waals surface area contributed by atoms with Crippen LogP contribution in [0, 0.1) is 6.92 Å². The first kappa shape index (κ1) is 19.9. The van der Waals surface area contributed by atoms with E-state index in [2.05, 4.69) is 46.5 Å². The summed E-state index contributed by atoms with van der Waals surface area (Å²) in [5.41, 5.74) is 4.58. The number of aromatic nitrogens is 3. The highest BCUT2D eigenvalue weighted by atomic mass is 32.2. The molecule has 30 heavy (non-hydrogen) atoms. The zero-order valence-electron chi connectivity index (χ0n) is 16.7. The van der Waals surface area contributed by atoms with Crippen molar-refractivity contribution in [1.29, 1.82) is 0 Å². The van der Waals surface area contributed by atoms with Crippen LogP contribution in [0.4, 0.5) is 0 Å². The van der Waals surface area contributed by atoms with Crippen LogP contribution in [0.5, 0.6) is 5.75 Å². The van der Waals surface area contributed by atoms with E-state index in [0.717, 1.165) is 27.8 Å².